The first-order chi connectivity index (χ1) is 4.88. The molecular weight excluding hydrogens is 246 g/mol. The van der Waals surface area contributed by atoms with Crippen molar-refractivity contribution in [2.45, 2.75) is 13.0 Å². The van der Waals surface area contributed by atoms with Crippen LogP contribution in [0.4, 0.5) is 0 Å². The minimum absolute atomic E-state index is 0. The molecule has 1 nitrogen and oxygen atoms in total. The van der Waals surface area contributed by atoms with Crippen LogP contribution < -0.4 is 5.32 Å². The van der Waals surface area contributed by atoms with Gasteiger partial charge in [-0.1, -0.05) is 0 Å². The summed E-state index contributed by atoms with van der Waals surface area (Å²) in [5, 5.41) is 5.52. The molecule has 0 fully saturated rings. The van der Waals surface area contributed by atoms with Crippen LogP contribution in [-0.4, -0.2) is 6.54 Å². The van der Waals surface area contributed by atoms with Gasteiger partial charge in [0, 0.05) is 21.3 Å². The SMILES string of the molecule is Brc1csc2c1CCNC2.Cl. The second kappa shape index (κ2) is 3.90. The molecule has 0 unspecified atom stereocenters. The normalized spacial score (nSPS) is 15.4. The van der Waals surface area contributed by atoms with Gasteiger partial charge in [-0.15, -0.1) is 23.7 Å². The van der Waals surface area contributed by atoms with E-state index >= 15 is 0 Å². The van der Waals surface area contributed by atoms with Gasteiger partial charge in [0.25, 0.3) is 0 Å². The molecule has 2 heterocycles. The van der Waals surface area contributed by atoms with Crippen molar-refractivity contribution < 1.29 is 0 Å². The Balaban J connectivity index is 0.000000605. The highest BCUT2D eigenvalue weighted by atomic mass is 79.9. The minimum atomic E-state index is 0. The van der Waals surface area contributed by atoms with Crippen LogP contribution in [0.1, 0.15) is 10.4 Å². The maximum absolute atomic E-state index is 3.53. The summed E-state index contributed by atoms with van der Waals surface area (Å²) in [5.41, 5.74) is 1.52. The zero-order valence-electron chi connectivity index (χ0n) is 5.89. The zero-order chi connectivity index (χ0) is 6.97. The molecule has 11 heavy (non-hydrogen) atoms. The van der Waals surface area contributed by atoms with Crippen LogP contribution in [-0.2, 0) is 13.0 Å². The smallest absolute Gasteiger partial charge is 0.0318 e. The van der Waals surface area contributed by atoms with Crippen molar-refractivity contribution in [1.29, 1.82) is 0 Å². The summed E-state index contributed by atoms with van der Waals surface area (Å²) in [5.74, 6) is 0. The Morgan fingerprint density at radius 3 is 3.09 bits per heavy atom. The Morgan fingerprint density at radius 2 is 2.36 bits per heavy atom. The third-order valence-corrected chi connectivity index (χ3v) is 3.81. The van der Waals surface area contributed by atoms with Crippen LogP contribution in [0.5, 0.6) is 0 Å². The van der Waals surface area contributed by atoms with Crippen LogP contribution in [0.2, 0.25) is 0 Å². The third-order valence-electron chi connectivity index (χ3n) is 1.77. The number of thiophene rings is 1. The van der Waals surface area contributed by atoms with Gasteiger partial charge in [-0.05, 0) is 34.5 Å². The van der Waals surface area contributed by atoms with Gasteiger partial charge in [0.05, 0.1) is 0 Å². The van der Waals surface area contributed by atoms with Crippen molar-refractivity contribution in [3.8, 4) is 0 Å². The summed E-state index contributed by atoms with van der Waals surface area (Å²) in [7, 11) is 0. The topological polar surface area (TPSA) is 12.0 Å². The monoisotopic (exact) mass is 253 g/mol. The van der Waals surface area contributed by atoms with E-state index in [4.69, 9.17) is 0 Å². The van der Waals surface area contributed by atoms with E-state index in [1.807, 2.05) is 11.3 Å². The van der Waals surface area contributed by atoms with Crippen LogP contribution in [0.15, 0.2) is 9.85 Å². The zero-order valence-corrected chi connectivity index (χ0v) is 9.11. The van der Waals surface area contributed by atoms with Gasteiger partial charge >= 0.3 is 0 Å². The Hall–Kier alpha value is 0.430. The first-order valence-corrected chi connectivity index (χ1v) is 5.00. The number of halogens is 2. The van der Waals surface area contributed by atoms with Crippen molar-refractivity contribution in [2.75, 3.05) is 6.54 Å². The molecule has 4 heteroatoms. The molecule has 0 aromatic carbocycles. The summed E-state index contributed by atoms with van der Waals surface area (Å²) in [6.07, 6.45) is 1.18. The average Bonchev–Trinajstić information content (AvgIpc) is 2.34. The molecule has 0 amide bonds. The molecule has 1 aromatic heterocycles. The van der Waals surface area contributed by atoms with Crippen molar-refractivity contribution >= 4 is 39.7 Å². The van der Waals surface area contributed by atoms with E-state index in [0.717, 1.165) is 13.1 Å². The quantitative estimate of drug-likeness (QED) is 0.750. The van der Waals surface area contributed by atoms with Crippen molar-refractivity contribution in [2.24, 2.45) is 0 Å². The number of hydrogen-bond acceptors (Lipinski definition) is 2. The van der Waals surface area contributed by atoms with Gasteiger partial charge in [-0.3, -0.25) is 0 Å². The summed E-state index contributed by atoms with van der Waals surface area (Å²) in [6, 6.07) is 0. The van der Waals surface area contributed by atoms with Crippen LogP contribution in [0, 0.1) is 0 Å². The Bertz CT molecular complexity index is 249. The molecular formula is C7H9BrClNS. The lowest BCUT2D eigenvalue weighted by Crippen LogP contribution is -2.21. The molecule has 0 saturated heterocycles. The molecule has 62 valence electrons. The Kier molecular flexibility index (Phi) is 3.37. The summed E-state index contributed by atoms with van der Waals surface area (Å²) in [6.45, 7) is 2.19. The first kappa shape index (κ1) is 9.52. The van der Waals surface area contributed by atoms with Gasteiger partial charge in [0.1, 0.15) is 0 Å². The molecule has 0 radical (unpaired) electrons. The fourth-order valence-corrected chi connectivity index (χ4v) is 3.00. The highest BCUT2D eigenvalue weighted by Crippen LogP contribution is 2.29. The van der Waals surface area contributed by atoms with Gasteiger partial charge < -0.3 is 5.32 Å². The average molecular weight is 255 g/mol. The highest BCUT2D eigenvalue weighted by Gasteiger charge is 2.12. The van der Waals surface area contributed by atoms with E-state index < -0.39 is 0 Å². The van der Waals surface area contributed by atoms with E-state index in [1.54, 1.807) is 0 Å². The van der Waals surface area contributed by atoms with Crippen LogP contribution in [0.25, 0.3) is 0 Å². The van der Waals surface area contributed by atoms with Gasteiger partial charge in [0.2, 0.25) is 0 Å². The molecule has 0 saturated carbocycles. The largest absolute Gasteiger partial charge is 0.312 e. The van der Waals surface area contributed by atoms with Crippen LogP contribution in [0.3, 0.4) is 0 Å². The van der Waals surface area contributed by atoms with Crippen molar-refractivity contribution in [3.63, 3.8) is 0 Å². The van der Waals surface area contributed by atoms with E-state index in [-0.39, 0.29) is 12.4 Å². The lowest BCUT2D eigenvalue weighted by atomic mass is 10.1. The molecule has 1 aliphatic rings. The highest BCUT2D eigenvalue weighted by molar-refractivity contribution is 9.10. The molecule has 0 spiro atoms. The molecule has 1 N–H and O–H groups in total. The van der Waals surface area contributed by atoms with Gasteiger partial charge in [-0.2, -0.15) is 0 Å². The maximum atomic E-state index is 3.53. The van der Waals surface area contributed by atoms with Crippen molar-refractivity contribution in [3.05, 3.63) is 20.3 Å². The predicted octanol–water partition coefficient (Wildman–Crippen LogP) is 2.58. The van der Waals surface area contributed by atoms with E-state index in [9.17, 15) is 0 Å². The van der Waals surface area contributed by atoms with E-state index in [2.05, 4.69) is 26.6 Å². The molecule has 0 aliphatic carbocycles. The predicted molar refractivity (Wildman–Crippen MR) is 54.7 cm³/mol. The Labute approximate surface area is 84.7 Å². The minimum Gasteiger partial charge on any atom is -0.312 e. The first-order valence-electron chi connectivity index (χ1n) is 3.33. The van der Waals surface area contributed by atoms with Gasteiger partial charge in [0.15, 0.2) is 0 Å². The molecule has 2 rings (SSSR count). The number of fused-ring (bicyclic) bond motifs is 1. The lowest BCUT2D eigenvalue weighted by molar-refractivity contribution is 0.653. The fraction of sp³-hybridized carbons (Fsp3) is 0.429. The molecule has 0 atom stereocenters. The van der Waals surface area contributed by atoms with Crippen LogP contribution >= 0.6 is 39.7 Å². The summed E-state index contributed by atoms with van der Waals surface area (Å²) in [4.78, 5) is 1.50. The fourth-order valence-electron chi connectivity index (χ4n) is 1.22. The molecule has 1 aliphatic heterocycles. The number of nitrogens with one attached hydrogen (secondary N) is 1. The number of hydrogen-bond donors (Lipinski definition) is 1. The standard InChI is InChI=1S/C7H8BrNS.ClH/c8-6-4-10-7-3-9-2-1-5(6)7;/h4,9H,1-3H2;1H. The van der Waals surface area contributed by atoms with Gasteiger partial charge in [-0.25, -0.2) is 0 Å². The number of rotatable bonds is 0. The molecule has 1 aromatic rings. The van der Waals surface area contributed by atoms with Crippen molar-refractivity contribution in [1.82, 2.24) is 5.32 Å². The summed E-state index contributed by atoms with van der Waals surface area (Å²) >= 11 is 5.38. The van der Waals surface area contributed by atoms with E-state index in [1.165, 1.54) is 21.3 Å². The second-order valence-electron chi connectivity index (χ2n) is 2.41. The third kappa shape index (κ3) is 1.78. The second-order valence-corrected chi connectivity index (χ2v) is 4.23. The molecule has 0 bridgehead atoms. The van der Waals surface area contributed by atoms with E-state index in [0.29, 0.717) is 0 Å². The maximum Gasteiger partial charge on any atom is 0.0318 e. The Morgan fingerprint density at radius 1 is 1.55 bits per heavy atom. The summed E-state index contributed by atoms with van der Waals surface area (Å²) < 4.78 is 1.30. The lowest BCUT2D eigenvalue weighted by Gasteiger charge is -2.12.